The lowest BCUT2D eigenvalue weighted by Gasteiger charge is -2.26. The molecule has 0 heterocycles. The van der Waals surface area contributed by atoms with Crippen LogP contribution in [0, 0.1) is 0 Å². The zero-order chi connectivity index (χ0) is 12.5. The van der Waals surface area contributed by atoms with E-state index >= 15 is 0 Å². The van der Waals surface area contributed by atoms with Crippen molar-refractivity contribution in [2.45, 2.75) is 39.2 Å². The molecule has 0 saturated heterocycles. The van der Waals surface area contributed by atoms with Crippen LogP contribution in [0.2, 0.25) is 5.02 Å². The molecule has 0 atom stereocenters. The normalized spacial score (nSPS) is 12.0. The zero-order valence-electron chi connectivity index (χ0n) is 10.6. The third-order valence-corrected chi connectivity index (χ3v) is 2.82. The van der Waals surface area contributed by atoms with E-state index in [1.54, 1.807) is 7.11 Å². The van der Waals surface area contributed by atoms with E-state index in [4.69, 9.17) is 22.1 Å². The minimum absolute atomic E-state index is 0.352. The molecule has 0 saturated carbocycles. The number of benzene rings is 1. The van der Waals surface area contributed by atoms with E-state index in [0.717, 1.165) is 16.9 Å². The molecule has 0 aliphatic rings. The molecule has 0 aromatic heterocycles. The van der Waals surface area contributed by atoms with E-state index in [1.165, 1.54) is 0 Å². The molecule has 16 heavy (non-hydrogen) atoms. The molecule has 0 unspecified atom stereocenters. The van der Waals surface area contributed by atoms with Gasteiger partial charge in [-0.3, -0.25) is 0 Å². The molecule has 0 aliphatic carbocycles. The van der Waals surface area contributed by atoms with E-state index in [9.17, 15) is 0 Å². The molecule has 0 bridgehead atoms. The molecule has 2 nitrogen and oxygen atoms in total. The number of ether oxygens (including phenoxy) is 1. The van der Waals surface area contributed by atoms with Gasteiger partial charge in [-0.25, -0.2) is 0 Å². The molecule has 0 fully saturated rings. The Morgan fingerprint density at radius 2 is 1.88 bits per heavy atom. The monoisotopic (exact) mass is 241 g/mol. The summed E-state index contributed by atoms with van der Waals surface area (Å²) in [5.41, 5.74) is 7.94. The highest BCUT2D eigenvalue weighted by molar-refractivity contribution is 6.30. The number of halogens is 1. The molecular weight excluding hydrogens is 222 g/mol. The molecule has 1 rings (SSSR count). The first-order valence-corrected chi connectivity index (χ1v) is 5.82. The van der Waals surface area contributed by atoms with E-state index in [0.29, 0.717) is 10.9 Å². The largest absolute Gasteiger partial charge is 0.496 e. The Kier molecular flexibility index (Phi) is 3.87. The Balaban J connectivity index is 3.51. The van der Waals surface area contributed by atoms with Gasteiger partial charge in [0.2, 0.25) is 0 Å². The molecule has 3 heteroatoms. The van der Waals surface area contributed by atoms with Crippen LogP contribution in [0.15, 0.2) is 12.1 Å². The Bertz CT molecular complexity index is 380. The van der Waals surface area contributed by atoms with Crippen molar-refractivity contribution in [3.63, 3.8) is 0 Å². The molecule has 1 aromatic rings. The second kappa shape index (κ2) is 4.64. The van der Waals surface area contributed by atoms with Gasteiger partial charge in [0, 0.05) is 16.1 Å². The molecule has 1 aromatic carbocycles. The van der Waals surface area contributed by atoms with Crippen LogP contribution in [0.4, 0.5) is 0 Å². The SMILES string of the molecule is COc1cc(Cl)cc(C(C)(C)N)c1C(C)C. The van der Waals surface area contributed by atoms with Crippen molar-refractivity contribution in [2.24, 2.45) is 5.73 Å². The van der Waals surface area contributed by atoms with Gasteiger partial charge >= 0.3 is 0 Å². The summed E-state index contributed by atoms with van der Waals surface area (Å²) in [6, 6.07) is 3.77. The third-order valence-electron chi connectivity index (χ3n) is 2.60. The second-order valence-electron chi connectivity index (χ2n) is 4.95. The van der Waals surface area contributed by atoms with Crippen LogP contribution in [0.1, 0.15) is 44.7 Å². The number of methoxy groups -OCH3 is 1. The van der Waals surface area contributed by atoms with Gasteiger partial charge < -0.3 is 10.5 Å². The molecule has 0 spiro atoms. The first-order valence-electron chi connectivity index (χ1n) is 5.44. The predicted octanol–water partition coefficient (Wildman–Crippen LogP) is 3.67. The van der Waals surface area contributed by atoms with Gasteiger partial charge in [0.05, 0.1) is 7.11 Å². The summed E-state index contributed by atoms with van der Waals surface area (Å²) in [6.45, 7) is 8.20. The van der Waals surface area contributed by atoms with Crippen LogP contribution < -0.4 is 10.5 Å². The maximum Gasteiger partial charge on any atom is 0.124 e. The topological polar surface area (TPSA) is 35.2 Å². The van der Waals surface area contributed by atoms with Crippen LogP contribution in [0.5, 0.6) is 5.75 Å². The van der Waals surface area contributed by atoms with Gasteiger partial charge in [-0.05, 0) is 37.5 Å². The molecular formula is C13H20ClNO. The van der Waals surface area contributed by atoms with Crippen LogP contribution in [0.3, 0.4) is 0 Å². The fourth-order valence-electron chi connectivity index (χ4n) is 1.89. The first-order chi connectivity index (χ1) is 7.27. The number of hydrogen-bond donors (Lipinski definition) is 1. The molecule has 0 amide bonds. The Morgan fingerprint density at radius 3 is 2.25 bits per heavy atom. The van der Waals surface area contributed by atoms with Crippen LogP contribution in [0.25, 0.3) is 0 Å². The van der Waals surface area contributed by atoms with Gasteiger partial charge in [0.25, 0.3) is 0 Å². The molecule has 2 N–H and O–H groups in total. The average molecular weight is 242 g/mol. The summed E-state index contributed by atoms with van der Waals surface area (Å²) in [6.07, 6.45) is 0. The smallest absolute Gasteiger partial charge is 0.124 e. The van der Waals surface area contributed by atoms with E-state index in [2.05, 4.69) is 13.8 Å². The van der Waals surface area contributed by atoms with Crippen LogP contribution in [-0.4, -0.2) is 7.11 Å². The zero-order valence-corrected chi connectivity index (χ0v) is 11.4. The average Bonchev–Trinajstić information content (AvgIpc) is 2.14. The summed E-state index contributed by atoms with van der Waals surface area (Å²) in [7, 11) is 1.66. The minimum Gasteiger partial charge on any atom is -0.496 e. The van der Waals surface area contributed by atoms with Crippen molar-refractivity contribution in [1.29, 1.82) is 0 Å². The maximum absolute atomic E-state index is 6.17. The van der Waals surface area contributed by atoms with E-state index in [1.807, 2.05) is 26.0 Å². The van der Waals surface area contributed by atoms with E-state index in [-0.39, 0.29) is 0 Å². The van der Waals surface area contributed by atoms with Gasteiger partial charge in [0.1, 0.15) is 5.75 Å². The third kappa shape index (κ3) is 2.69. The van der Waals surface area contributed by atoms with Gasteiger partial charge in [-0.2, -0.15) is 0 Å². The Hall–Kier alpha value is -0.730. The summed E-state index contributed by atoms with van der Waals surface area (Å²) in [4.78, 5) is 0. The molecule has 90 valence electrons. The van der Waals surface area contributed by atoms with Gasteiger partial charge in [-0.15, -0.1) is 0 Å². The summed E-state index contributed by atoms with van der Waals surface area (Å²) in [5, 5.41) is 0.662. The van der Waals surface area contributed by atoms with Crippen molar-refractivity contribution < 1.29 is 4.74 Å². The van der Waals surface area contributed by atoms with Crippen molar-refractivity contribution in [3.05, 3.63) is 28.3 Å². The number of rotatable bonds is 3. The minimum atomic E-state index is -0.419. The molecule has 0 aliphatic heterocycles. The van der Waals surface area contributed by atoms with Crippen LogP contribution in [-0.2, 0) is 5.54 Å². The quantitative estimate of drug-likeness (QED) is 0.877. The lowest BCUT2D eigenvalue weighted by atomic mass is 9.85. The summed E-state index contributed by atoms with van der Waals surface area (Å²) in [5.74, 6) is 1.17. The number of hydrogen-bond acceptors (Lipinski definition) is 2. The fourth-order valence-corrected chi connectivity index (χ4v) is 2.10. The van der Waals surface area contributed by atoms with Crippen molar-refractivity contribution >= 4 is 11.6 Å². The van der Waals surface area contributed by atoms with E-state index < -0.39 is 5.54 Å². The van der Waals surface area contributed by atoms with Crippen LogP contribution >= 0.6 is 11.6 Å². The lowest BCUT2D eigenvalue weighted by molar-refractivity contribution is 0.403. The van der Waals surface area contributed by atoms with Gasteiger partial charge in [-0.1, -0.05) is 25.4 Å². The molecule has 0 radical (unpaired) electrons. The van der Waals surface area contributed by atoms with Crippen molar-refractivity contribution in [3.8, 4) is 5.75 Å². The Labute approximate surface area is 103 Å². The highest BCUT2D eigenvalue weighted by Crippen LogP contribution is 2.37. The highest BCUT2D eigenvalue weighted by atomic mass is 35.5. The van der Waals surface area contributed by atoms with Gasteiger partial charge in [0.15, 0.2) is 0 Å². The summed E-state index contributed by atoms with van der Waals surface area (Å²) < 4.78 is 5.38. The predicted molar refractivity (Wildman–Crippen MR) is 69.3 cm³/mol. The number of nitrogens with two attached hydrogens (primary N) is 1. The highest BCUT2D eigenvalue weighted by Gasteiger charge is 2.23. The van der Waals surface area contributed by atoms with Crippen molar-refractivity contribution in [2.75, 3.05) is 7.11 Å². The fraction of sp³-hybridized carbons (Fsp3) is 0.538. The standard InChI is InChI=1S/C13H20ClNO/c1-8(2)12-10(13(3,4)15)6-9(14)7-11(12)16-5/h6-8H,15H2,1-5H3. The maximum atomic E-state index is 6.17. The van der Waals surface area contributed by atoms with Crippen molar-refractivity contribution in [1.82, 2.24) is 0 Å². The lowest BCUT2D eigenvalue weighted by Crippen LogP contribution is -2.30. The second-order valence-corrected chi connectivity index (χ2v) is 5.38. The first kappa shape index (κ1) is 13.3. The Morgan fingerprint density at radius 1 is 1.31 bits per heavy atom. The summed E-state index contributed by atoms with van der Waals surface area (Å²) >= 11 is 6.08.